The van der Waals surface area contributed by atoms with Crippen LogP contribution in [-0.2, 0) is 10.0 Å². The first-order valence-electron chi connectivity index (χ1n) is 7.65. The van der Waals surface area contributed by atoms with Gasteiger partial charge in [0.05, 0.1) is 26.9 Å². The zero-order valence-corrected chi connectivity index (χ0v) is 14.7. The molecule has 0 spiro atoms. The van der Waals surface area contributed by atoms with Crippen LogP contribution in [0.1, 0.15) is 0 Å². The zero-order valence-electron chi connectivity index (χ0n) is 13.9. The molecule has 24 heavy (non-hydrogen) atoms. The number of hydrogen-bond donors (Lipinski definition) is 2. The van der Waals surface area contributed by atoms with E-state index < -0.39 is 16.1 Å². The van der Waals surface area contributed by atoms with E-state index in [-0.39, 0.29) is 17.3 Å². The molecule has 0 aromatic heterocycles. The van der Waals surface area contributed by atoms with Crippen molar-refractivity contribution >= 4 is 10.0 Å². The largest absolute Gasteiger partial charge is 0.497 e. The average Bonchev–Trinajstić information content (AvgIpc) is 2.61. The van der Waals surface area contributed by atoms with Gasteiger partial charge in [-0.15, -0.1) is 0 Å². The van der Waals surface area contributed by atoms with E-state index in [1.54, 1.807) is 12.1 Å². The SMILES string of the molecule is COc1ccc(OC)c(S(=O)(=O)N2CCN(C[C@H](O)CO)CC2)c1. The molecule has 2 N–H and O–H groups in total. The molecule has 136 valence electrons. The Balaban J connectivity index is 2.15. The highest BCUT2D eigenvalue weighted by Gasteiger charge is 2.31. The number of ether oxygens (including phenoxy) is 2. The predicted molar refractivity (Wildman–Crippen MR) is 87.8 cm³/mol. The van der Waals surface area contributed by atoms with E-state index in [1.165, 1.54) is 24.6 Å². The molecule has 1 aliphatic rings. The lowest BCUT2D eigenvalue weighted by molar-refractivity contribution is 0.0491. The highest BCUT2D eigenvalue weighted by Crippen LogP contribution is 2.31. The maximum atomic E-state index is 12.9. The second-order valence-electron chi connectivity index (χ2n) is 5.56. The number of nitrogens with zero attached hydrogens (tertiary/aromatic N) is 2. The van der Waals surface area contributed by atoms with Crippen LogP contribution in [0, 0.1) is 0 Å². The summed E-state index contributed by atoms with van der Waals surface area (Å²) in [7, 11) is -0.804. The minimum absolute atomic E-state index is 0.0770. The summed E-state index contributed by atoms with van der Waals surface area (Å²) in [5, 5.41) is 18.4. The van der Waals surface area contributed by atoms with Crippen molar-refractivity contribution in [3.05, 3.63) is 18.2 Å². The van der Waals surface area contributed by atoms with Crippen LogP contribution in [-0.4, -0.2) is 87.5 Å². The lowest BCUT2D eigenvalue weighted by atomic mass is 10.3. The van der Waals surface area contributed by atoms with Gasteiger partial charge in [0.2, 0.25) is 10.0 Å². The van der Waals surface area contributed by atoms with Crippen molar-refractivity contribution in [2.75, 3.05) is 53.6 Å². The van der Waals surface area contributed by atoms with Crippen LogP contribution in [0.4, 0.5) is 0 Å². The second-order valence-corrected chi connectivity index (χ2v) is 7.46. The summed E-state index contributed by atoms with van der Waals surface area (Å²) in [5.41, 5.74) is 0. The van der Waals surface area contributed by atoms with E-state index in [4.69, 9.17) is 14.6 Å². The van der Waals surface area contributed by atoms with E-state index in [9.17, 15) is 13.5 Å². The zero-order chi connectivity index (χ0) is 17.7. The van der Waals surface area contributed by atoms with Crippen LogP contribution < -0.4 is 9.47 Å². The molecule has 9 heteroatoms. The first-order valence-corrected chi connectivity index (χ1v) is 9.09. The Bertz CT molecular complexity index is 643. The van der Waals surface area contributed by atoms with Gasteiger partial charge in [0.15, 0.2) is 0 Å². The van der Waals surface area contributed by atoms with Crippen molar-refractivity contribution < 1.29 is 28.1 Å². The summed E-state index contributed by atoms with van der Waals surface area (Å²) in [6.07, 6.45) is -0.813. The number of piperazine rings is 1. The molecule has 2 rings (SSSR count). The van der Waals surface area contributed by atoms with Crippen molar-refractivity contribution in [1.29, 1.82) is 0 Å². The van der Waals surface area contributed by atoms with Crippen LogP contribution in [0.5, 0.6) is 11.5 Å². The molecule has 0 amide bonds. The van der Waals surface area contributed by atoms with Gasteiger partial charge in [-0.1, -0.05) is 0 Å². The summed E-state index contributed by atoms with van der Waals surface area (Å²) in [4.78, 5) is 2.00. The predicted octanol–water partition coefficient (Wildman–Crippen LogP) is -0.637. The summed E-state index contributed by atoms with van der Waals surface area (Å²) in [5.74, 6) is 0.716. The van der Waals surface area contributed by atoms with Crippen LogP contribution >= 0.6 is 0 Å². The van der Waals surface area contributed by atoms with Gasteiger partial charge in [0.1, 0.15) is 16.4 Å². The van der Waals surface area contributed by atoms with Gasteiger partial charge in [0.25, 0.3) is 0 Å². The first kappa shape index (κ1) is 18.9. The van der Waals surface area contributed by atoms with Gasteiger partial charge >= 0.3 is 0 Å². The number of methoxy groups -OCH3 is 2. The second kappa shape index (κ2) is 8.13. The maximum Gasteiger partial charge on any atom is 0.246 e. The van der Waals surface area contributed by atoms with Crippen molar-refractivity contribution in [3.8, 4) is 11.5 Å². The third-order valence-corrected chi connectivity index (χ3v) is 5.92. The van der Waals surface area contributed by atoms with E-state index in [1.807, 2.05) is 4.90 Å². The molecule has 0 saturated carbocycles. The molecule has 0 radical (unpaired) electrons. The van der Waals surface area contributed by atoms with Crippen molar-refractivity contribution in [1.82, 2.24) is 9.21 Å². The number of aliphatic hydroxyl groups excluding tert-OH is 2. The van der Waals surface area contributed by atoms with Gasteiger partial charge in [0, 0.05) is 38.8 Å². The van der Waals surface area contributed by atoms with E-state index in [2.05, 4.69) is 0 Å². The Labute approximate surface area is 142 Å². The highest BCUT2D eigenvalue weighted by atomic mass is 32.2. The fourth-order valence-corrected chi connectivity index (χ4v) is 4.23. The number of aliphatic hydroxyl groups is 2. The van der Waals surface area contributed by atoms with Gasteiger partial charge in [-0.05, 0) is 12.1 Å². The first-order chi connectivity index (χ1) is 11.4. The number of hydrogen-bond acceptors (Lipinski definition) is 7. The van der Waals surface area contributed by atoms with E-state index in [0.29, 0.717) is 38.5 Å². The smallest absolute Gasteiger partial charge is 0.246 e. The summed E-state index contributed by atoms with van der Waals surface area (Å²) >= 11 is 0. The van der Waals surface area contributed by atoms with Crippen LogP contribution in [0.3, 0.4) is 0 Å². The molecule has 0 unspecified atom stereocenters. The molecule has 1 atom stereocenters. The molecule has 0 aliphatic carbocycles. The molecule has 1 heterocycles. The third-order valence-electron chi connectivity index (χ3n) is 4.00. The van der Waals surface area contributed by atoms with Gasteiger partial charge in [-0.2, -0.15) is 4.31 Å². The van der Waals surface area contributed by atoms with Crippen LogP contribution in [0.25, 0.3) is 0 Å². The normalized spacial score (nSPS) is 18.3. The summed E-state index contributed by atoms with van der Waals surface area (Å²) in [6, 6.07) is 4.67. The molecule has 1 aliphatic heterocycles. The molecule has 0 bridgehead atoms. The standard InChI is InChI=1S/C15H24N2O6S/c1-22-13-3-4-14(23-2)15(9-13)24(20,21)17-7-5-16(6-8-17)10-12(19)11-18/h3-4,9,12,18-19H,5-8,10-11H2,1-2H3/t12-/m0/s1. The van der Waals surface area contributed by atoms with E-state index in [0.717, 1.165) is 0 Å². The Morgan fingerprint density at radius 2 is 1.83 bits per heavy atom. The molecule has 1 saturated heterocycles. The Kier molecular flexibility index (Phi) is 6.41. The Hall–Kier alpha value is -1.39. The minimum Gasteiger partial charge on any atom is -0.497 e. The molecular formula is C15H24N2O6S. The van der Waals surface area contributed by atoms with Gasteiger partial charge < -0.3 is 19.7 Å². The summed E-state index contributed by atoms with van der Waals surface area (Å²) in [6.45, 7) is 1.61. The van der Waals surface area contributed by atoms with Gasteiger partial charge in [-0.25, -0.2) is 8.42 Å². The fraction of sp³-hybridized carbons (Fsp3) is 0.600. The number of sulfonamides is 1. The molecule has 1 fully saturated rings. The molecule has 8 nitrogen and oxygen atoms in total. The Morgan fingerprint density at radius 1 is 1.17 bits per heavy atom. The number of β-amino-alcohol motifs (C(OH)–C–C–N with tert-alkyl or cyclic N) is 1. The topological polar surface area (TPSA) is 99.5 Å². The average molecular weight is 360 g/mol. The van der Waals surface area contributed by atoms with Crippen LogP contribution in [0.2, 0.25) is 0 Å². The molecule has 1 aromatic rings. The van der Waals surface area contributed by atoms with Crippen molar-refractivity contribution in [3.63, 3.8) is 0 Å². The van der Waals surface area contributed by atoms with Crippen LogP contribution in [0.15, 0.2) is 23.1 Å². The molecular weight excluding hydrogens is 336 g/mol. The highest BCUT2D eigenvalue weighted by molar-refractivity contribution is 7.89. The molecule has 1 aromatic carbocycles. The van der Waals surface area contributed by atoms with E-state index >= 15 is 0 Å². The maximum absolute atomic E-state index is 12.9. The lowest BCUT2D eigenvalue weighted by Gasteiger charge is -2.34. The van der Waals surface area contributed by atoms with Crippen molar-refractivity contribution in [2.45, 2.75) is 11.0 Å². The fourth-order valence-electron chi connectivity index (χ4n) is 2.63. The third kappa shape index (κ3) is 4.17. The Morgan fingerprint density at radius 3 is 2.38 bits per heavy atom. The summed E-state index contributed by atoms with van der Waals surface area (Å²) < 4.78 is 37.5. The van der Waals surface area contributed by atoms with Gasteiger partial charge in [-0.3, -0.25) is 4.90 Å². The lowest BCUT2D eigenvalue weighted by Crippen LogP contribution is -2.50. The minimum atomic E-state index is -3.71. The quantitative estimate of drug-likeness (QED) is 0.667. The number of benzene rings is 1. The number of rotatable bonds is 7. The monoisotopic (exact) mass is 360 g/mol. The van der Waals surface area contributed by atoms with Crippen molar-refractivity contribution in [2.24, 2.45) is 0 Å².